The Morgan fingerprint density at radius 3 is 1.26 bits per heavy atom. The van der Waals surface area contributed by atoms with Gasteiger partial charge in [0.2, 0.25) is 0 Å². The highest BCUT2D eigenvalue weighted by molar-refractivity contribution is 6.28. The van der Waals surface area contributed by atoms with E-state index in [4.69, 9.17) is 15.0 Å². The average Bonchev–Trinajstić information content (AvgIpc) is 3.86. The number of hydrogen-bond acceptors (Lipinski definition) is 3. The number of rotatable bonds is 5. The fourth-order valence-electron chi connectivity index (χ4n) is 9.77. The Hall–Kier alpha value is -8.21. The molecule has 0 spiro atoms. The Morgan fingerprint density at radius 1 is 0.246 bits per heavy atom. The third-order valence-corrected chi connectivity index (χ3v) is 12.5. The van der Waals surface area contributed by atoms with E-state index in [-0.39, 0.29) is 0 Å². The van der Waals surface area contributed by atoms with Crippen molar-refractivity contribution in [1.29, 1.82) is 0 Å². The molecule has 13 rings (SSSR count). The number of aromatic nitrogens is 4. The van der Waals surface area contributed by atoms with Gasteiger partial charge in [-0.25, -0.2) is 15.0 Å². The van der Waals surface area contributed by atoms with Gasteiger partial charge in [0.15, 0.2) is 17.5 Å². The van der Waals surface area contributed by atoms with Crippen molar-refractivity contribution in [1.82, 2.24) is 19.4 Å². The van der Waals surface area contributed by atoms with Crippen molar-refractivity contribution in [2.24, 2.45) is 0 Å². The Labute approximate surface area is 351 Å². The van der Waals surface area contributed by atoms with Crippen LogP contribution in [0.3, 0.4) is 0 Å². The van der Waals surface area contributed by atoms with E-state index in [0.717, 1.165) is 33.2 Å². The molecular formula is C57H34N4. The van der Waals surface area contributed by atoms with E-state index < -0.39 is 0 Å². The SMILES string of the molecule is c1ccc(-c2ccc3c(c2)c2cc(-c4cc5c6ccccc6c6ccccc6c5cc4-c4nc(-c5ccccc5)nc(-c5ccccc5)n4)cc4c5ccccc5n3c42)cc1. The van der Waals surface area contributed by atoms with Crippen molar-refractivity contribution in [2.75, 3.05) is 0 Å². The Morgan fingerprint density at radius 2 is 0.672 bits per heavy atom. The minimum absolute atomic E-state index is 0.632. The second-order valence-corrected chi connectivity index (χ2v) is 15.9. The Bertz CT molecular complexity index is 3800. The summed E-state index contributed by atoms with van der Waals surface area (Å²) < 4.78 is 2.46. The maximum Gasteiger partial charge on any atom is 0.164 e. The predicted octanol–water partition coefficient (Wildman–Crippen LogP) is 14.8. The van der Waals surface area contributed by atoms with Gasteiger partial charge in [0.05, 0.1) is 16.6 Å². The van der Waals surface area contributed by atoms with Crippen LogP contribution in [-0.4, -0.2) is 19.4 Å². The number of benzene rings is 10. The van der Waals surface area contributed by atoms with E-state index in [0.29, 0.717) is 17.5 Å². The van der Waals surface area contributed by atoms with Crippen LogP contribution in [0.25, 0.3) is 127 Å². The van der Waals surface area contributed by atoms with Crippen LogP contribution in [0.4, 0.5) is 0 Å². The molecule has 0 unspecified atom stereocenters. The van der Waals surface area contributed by atoms with Crippen LogP contribution < -0.4 is 0 Å². The molecule has 0 fully saturated rings. The molecule has 0 N–H and O–H groups in total. The summed E-state index contributed by atoms with van der Waals surface area (Å²) in [5.74, 6) is 1.91. The van der Waals surface area contributed by atoms with Crippen LogP contribution in [0, 0.1) is 0 Å². The van der Waals surface area contributed by atoms with Gasteiger partial charge in [-0.15, -0.1) is 0 Å². The molecule has 0 aliphatic rings. The summed E-state index contributed by atoms with van der Waals surface area (Å²) in [7, 11) is 0. The van der Waals surface area contributed by atoms with Crippen molar-refractivity contribution >= 4 is 70.4 Å². The van der Waals surface area contributed by atoms with Crippen molar-refractivity contribution in [3.63, 3.8) is 0 Å². The molecule has 3 aromatic heterocycles. The zero-order valence-corrected chi connectivity index (χ0v) is 32.9. The van der Waals surface area contributed by atoms with E-state index in [1.165, 1.54) is 76.2 Å². The predicted molar refractivity (Wildman–Crippen MR) is 254 cm³/mol. The lowest BCUT2D eigenvalue weighted by Crippen LogP contribution is -2.01. The lowest BCUT2D eigenvalue weighted by molar-refractivity contribution is 1.07. The fraction of sp³-hybridized carbons (Fsp3) is 0. The molecule has 0 amide bonds. The van der Waals surface area contributed by atoms with E-state index in [1.54, 1.807) is 0 Å². The van der Waals surface area contributed by atoms with Crippen molar-refractivity contribution in [2.45, 2.75) is 0 Å². The molecule has 282 valence electrons. The summed E-state index contributed by atoms with van der Waals surface area (Å²) in [5, 5.41) is 12.1. The van der Waals surface area contributed by atoms with Gasteiger partial charge < -0.3 is 4.40 Å². The van der Waals surface area contributed by atoms with E-state index >= 15 is 0 Å². The lowest BCUT2D eigenvalue weighted by atomic mass is 9.88. The molecule has 0 radical (unpaired) electrons. The smallest absolute Gasteiger partial charge is 0.164 e. The number of fused-ring (bicyclic) bond motifs is 12. The molecule has 13 aromatic rings. The van der Waals surface area contributed by atoms with E-state index in [9.17, 15) is 0 Å². The highest BCUT2D eigenvalue weighted by Gasteiger charge is 2.23. The standard InChI is InChI=1S/C57H34N4/c1-4-16-35(17-5-1)38-28-29-53-48(30-38)50-32-39(31-49-44-26-14-15-27-52(44)61(53)54(49)50)45-33-46-42-24-12-10-22-40(42)41-23-11-13-25-43(41)47(46)34-51(45)57-59-55(36-18-6-2-7-19-36)58-56(60-57)37-20-8-3-9-21-37/h1-34H. The van der Waals surface area contributed by atoms with Gasteiger partial charge in [0.25, 0.3) is 0 Å². The van der Waals surface area contributed by atoms with Crippen LogP contribution in [0.2, 0.25) is 0 Å². The maximum atomic E-state index is 5.34. The van der Waals surface area contributed by atoms with Gasteiger partial charge in [-0.2, -0.15) is 0 Å². The zero-order valence-electron chi connectivity index (χ0n) is 32.9. The highest BCUT2D eigenvalue weighted by atomic mass is 15.0. The second-order valence-electron chi connectivity index (χ2n) is 15.9. The maximum absolute atomic E-state index is 5.34. The first-order valence-corrected chi connectivity index (χ1v) is 20.8. The third-order valence-electron chi connectivity index (χ3n) is 12.5. The van der Waals surface area contributed by atoms with Gasteiger partial charge in [-0.3, -0.25) is 0 Å². The van der Waals surface area contributed by atoms with Gasteiger partial charge in [0, 0.05) is 38.2 Å². The lowest BCUT2D eigenvalue weighted by Gasteiger charge is -2.17. The van der Waals surface area contributed by atoms with Crippen molar-refractivity contribution in [3.05, 3.63) is 206 Å². The van der Waals surface area contributed by atoms with Gasteiger partial charge in [-0.05, 0) is 97.0 Å². The van der Waals surface area contributed by atoms with Gasteiger partial charge in [-0.1, -0.05) is 164 Å². The van der Waals surface area contributed by atoms with E-state index in [1.807, 2.05) is 36.4 Å². The van der Waals surface area contributed by atoms with E-state index in [2.05, 4.69) is 174 Å². The molecule has 3 heterocycles. The van der Waals surface area contributed by atoms with Crippen LogP contribution in [0.5, 0.6) is 0 Å². The molecule has 0 atom stereocenters. The summed E-state index contributed by atoms with van der Waals surface area (Å²) in [6, 6.07) is 74.0. The number of hydrogen-bond donors (Lipinski definition) is 0. The second kappa shape index (κ2) is 13.2. The van der Waals surface area contributed by atoms with Crippen LogP contribution >= 0.6 is 0 Å². The molecule has 4 nitrogen and oxygen atoms in total. The molecule has 10 aromatic carbocycles. The molecular weight excluding hydrogens is 741 g/mol. The molecule has 0 bridgehead atoms. The van der Waals surface area contributed by atoms with Crippen molar-refractivity contribution in [3.8, 4) is 56.4 Å². The number of nitrogens with zero attached hydrogens (tertiary/aromatic N) is 4. The average molecular weight is 775 g/mol. The summed E-state index contributed by atoms with van der Waals surface area (Å²) in [5.41, 5.74) is 11.1. The Balaban J connectivity index is 1.18. The summed E-state index contributed by atoms with van der Waals surface area (Å²) in [6.07, 6.45) is 0. The third kappa shape index (κ3) is 5.16. The molecule has 0 aliphatic heterocycles. The van der Waals surface area contributed by atoms with Crippen molar-refractivity contribution < 1.29 is 0 Å². The zero-order chi connectivity index (χ0) is 40.0. The number of para-hydroxylation sites is 1. The first-order chi connectivity index (χ1) is 30.2. The van der Waals surface area contributed by atoms with Gasteiger partial charge in [0.1, 0.15) is 0 Å². The van der Waals surface area contributed by atoms with Gasteiger partial charge >= 0.3 is 0 Å². The van der Waals surface area contributed by atoms with Crippen LogP contribution in [0.15, 0.2) is 206 Å². The minimum Gasteiger partial charge on any atom is -0.308 e. The highest BCUT2D eigenvalue weighted by Crippen LogP contribution is 2.46. The normalized spacial score (nSPS) is 11.9. The molecule has 4 heteroatoms. The summed E-state index contributed by atoms with van der Waals surface area (Å²) in [4.78, 5) is 15.8. The quantitative estimate of drug-likeness (QED) is 0.164. The van der Waals surface area contributed by atoms with Crippen LogP contribution in [-0.2, 0) is 0 Å². The molecule has 0 saturated heterocycles. The Kier molecular flexibility index (Phi) is 7.27. The molecule has 0 saturated carbocycles. The summed E-state index contributed by atoms with van der Waals surface area (Å²) in [6.45, 7) is 0. The topological polar surface area (TPSA) is 43.1 Å². The molecule has 0 aliphatic carbocycles. The first-order valence-electron chi connectivity index (χ1n) is 20.8. The minimum atomic E-state index is 0.632. The largest absolute Gasteiger partial charge is 0.308 e. The molecule has 61 heavy (non-hydrogen) atoms. The van der Waals surface area contributed by atoms with Crippen LogP contribution in [0.1, 0.15) is 0 Å². The monoisotopic (exact) mass is 774 g/mol. The summed E-state index contributed by atoms with van der Waals surface area (Å²) >= 11 is 0. The first kappa shape index (κ1) is 33.7. The fourth-order valence-corrected chi connectivity index (χ4v) is 9.77.